The molecule has 0 aromatic carbocycles. The first-order chi connectivity index (χ1) is 11.6. The van der Waals surface area contributed by atoms with Crippen molar-refractivity contribution in [3.63, 3.8) is 0 Å². The summed E-state index contributed by atoms with van der Waals surface area (Å²) in [4.78, 5) is 18.8. The molecule has 1 aliphatic heterocycles. The molecule has 0 unspecified atom stereocenters. The van der Waals surface area contributed by atoms with Crippen molar-refractivity contribution in [1.29, 1.82) is 0 Å². The van der Waals surface area contributed by atoms with E-state index < -0.39 is 0 Å². The van der Waals surface area contributed by atoms with Crippen molar-refractivity contribution in [1.82, 2.24) is 15.5 Å². The van der Waals surface area contributed by atoms with Crippen LogP contribution in [0.2, 0.25) is 0 Å². The van der Waals surface area contributed by atoms with Crippen LogP contribution < -0.4 is 10.6 Å². The molecular formula is C18H34N4OS. The summed E-state index contributed by atoms with van der Waals surface area (Å²) in [6, 6.07) is 0. The molecule has 0 aromatic rings. The maximum absolute atomic E-state index is 11.6. The molecular weight excluding hydrogens is 320 g/mol. The fraction of sp³-hybridized carbons (Fsp3) is 0.889. The third-order valence-corrected chi connectivity index (χ3v) is 6.38. The average molecular weight is 355 g/mol. The van der Waals surface area contributed by atoms with Gasteiger partial charge >= 0.3 is 0 Å². The highest BCUT2D eigenvalue weighted by atomic mass is 32.2. The number of carbonyl (C=O) groups excluding carboxylic acids is 1. The first-order valence-corrected chi connectivity index (χ1v) is 10.5. The highest BCUT2D eigenvalue weighted by Crippen LogP contribution is 2.42. The molecule has 1 spiro atoms. The molecule has 2 N–H and O–H groups in total. The molecule has 138 valence electrons. The van der Waals surface area contributed by atoms with Crippen LogP contribution in [-0.2, 0) is 4.79 Å². The third-order valence-electron chi connectivity index (χ3n) is 4.84. The molecule has 1 heterocycles. The summed E-state index contributed by atoms with van der Waals surface area (Å²) in [7, 11) is 0. The Hall–Kier alpha value is -0.910. The summed E-state index contributed by atoms with van der Waals surface area (Å²) in [5, 5.41) is 6.38. The number of aliphatic imine (C=N–C) groups is 1. The number of rotatable bonds is 5. The predicted molar refractivity (Wildman–Crippen MR) is 104 cm³/mol. The van der Waals surface area contributed by atoms with Crippen LogP contribution in [0.15, 0.2) is 4.99 Å². The number of guanidine groups is 1. The van der Waals surface area contributed by atoms with Gasteiger partial charge in [0.15, 0.2) is 5.96 Å². The maximum Gasteiger partial charge on any atom is 0.222 e. The van der Waals surface area contributed by atoms with E-state index in [1.54, 1.807) is 0 Å². The lowest BCUT2D eigenvalue weighted by molar-refractivity contribution is -0.123. The van der Waals surface area contributed by atoms with Gasteiger partial charge < -0.3 is 15.5 Å². The summed E-state index contributed by atoms with van der Waals surface area (Å²) < 4.78 is 0.443. The van der Waals surface area contributed by atoms with Gasteiger partial charge in [-0.1, -0.05) is 33.1 Å². The van der Waals surface area contributed by atoms with E-state index in [0.29, 0.717) is 17.8 Å². The number of hydrogen-bond donors (Lipinski definition) is 2. The highest BCUT2D eigenvalue weighted by molar-refractivity contribution is 8.00. The predicted octanol–water partition coefficient (Wildman–Crippen LogP) is 2.48. The van der Waals surface area contributed by atoms with E-state index in [4.69, 9.17) is 4.99 Å². The highest BCUT2D eigenvalue weighted by Gasteiger charge is 2.38. The Labute approximate surface area is 151 Å². The zero-order valence-electron chi connectivity index (χ0n) is 15.6. The fourth-order valence-electron chi connectivity index (χ4n) is 3.50. The minimum Gasteiger partial charge on any atom is -0.357 e. The third kappa shape index (κ3) is 5.57. The van der Waals surface area contributed by atoms with Gasteiger partial charge in [0.1, 0.15) is 0 Å². The Morgan fingerprint density at radius 3 is 2.67 bits per heavy atom. The largest absolute Gasteiger partial charge is 0.357 e. The first-order valence-electron chi connectivity index (χ1n) is 9.51. The van der Waals surface area contributed by atoms with E-state index >= 15 is 0 Å². The molecule has 5 nitrogen and oxygen atoms in total. The van der Waals surface area contributed by atoms with Crippen LogP contribution in [0.1, 0.15) is 52.9 Å². The van der Waals surface area contributed by atoms with Crippen molar-refractivity contribution in [2.45, 2.75) is 57.6 Å². The van der Waals surface area contributed by atoms with E-state index in [1.807, 2.05) is 13.8 Å². The topological polar surface area (TPSA) is 56.7 Å². The van der Waals surface area contributed by atoms with Crippen LogP contribution >= 0.6 is 11.8 Å². The molecule has 0 bridgehead atoms. The second-order valence-corrected chi connectivity index (χ2v) is 8.76. The van der Waals surface area contributed by atoms with Crippen LogP contribution in [-0.4, -0.2) is 60.0 Å². The molecule has 24 heavy (non-hydrogen) atoms. The fourth-order valence-corrected chi connectivity index (χ4v) is 5.06. The summed E-state index contributed by atoms with van der Waals surface area (Å²) in [5.41, 5.74) is 0. The van der Waals surface area contributed by atoms with Gasteiger partial charge in [-0.3, -0.25) is 9.79 Å². The first kappa shape index (κ1) is 19.4. The van der Waals surface area contributed by atoms with Crippen LogP contribution in [0.25, 0.3) is 0 Å². The average Bonchev–Trinajstić information content (AvgIpc) is 2.58. The molecule has 1 aliphatic carbocycles. The summed E-state index contributed by atoms with van der Waals surface area (Å²) in [6.07, 6.45) is 6.83. The number of carbonyl (C=O) groups is 1. The second kappa shape index (κ2) is 9.54. The standard InChI is InChI=1S/C18H34N4OS/c1-4-19-17(21-11-10-20-16(23)15(2)3)22-12-13-24-18(14-22)8-6-5-7-9-18/h15H,4-14H2,1-3H3,(H,19,21)(H,20,23). The van der Waals surface area contributed by atoms with Crippen molar-refractivity contribution in [3.05, 3.63) is 0 Å². The lowest BCUT2D eigenvalue weighted by atomic mass is 9.87. The van der Waals surface area contributed by atoms with E-state index in [1.165, 1.54) is 37.9 Å². The van der Waals surface area contributed by atoms with Crippen molar-refractivity contribution in [2.24, 2.45) is 10.9 Å². The summed E-state index contributed by atoms with van der Waals surface area (Å²) in [6.45, 7) is 10.3. The van der Waals surface area contributed by atoms with Gasteiger partial charge in [-0.05, 0) is 19.8 Å². The summed E-state index contributed by atoms with van der Waals surface area (Å²) >= 11 is 2.18. The van der Waals surface area contributed by atoms with Gasteiger partial charge in [0.05, 0.1) is 6.54 Å². The number of amides is 1. The van der Waals surface area contributed by atoms with E-state index in [0.717, 1.165) is 25.6 Å². The molecule has 0 radical (unpaired) electrons. The number of hydrogen-bond acceptors (Lipinski definition) is 3. The van der Waals surface area contributed by atoms with E-state index in [9.17, 15) is 4.79 Å². The molecule has 6 heteroatoms. The Balaban J connectivity index is 1.90. The lowest BCUT2D eigenvalue weighted by Crippen LogP contribution is -2.53. The molecule has 1 amide bonds. The van der Waals surface area contributed by atoms with Crippen LogP contribution in [0.4, 0.5) is 0 Å². The Morgan fingerprint density at radius 2 is 2.00 bits per heavy atom. The van der Waals surface area contributed by atoms with Crippen molar-refractivity contribution in [3.8, 4) is 0 Å². The van der Waals surface area contributed by atoms with Crippen LogP contribution in [0.5, 0.6) is 0 Å². The smallest absolute Gasteiger partial charge is 0.222 e. The van der Waals surface area contributed by atoms with Crippen LogP contribution in [0, 0.1) is 5.92 Å². The van der Waals surface area contributed by atoms with Gasteiger partial charge in [0, 0.05) is 42.6 Å². The zero-order chi connectivity index (χ0) is 17.4. The van der Waals surface area contributed by atoms with Crippen LogP contribution in [0.3, 0.4) is 0 Å². The van der Waals surface area contributed by atoms with Crippen molar-refractivity contribution >= 4 is 23.6 Å². The summed E-state index contributed by atoms with van der Waals surface area (Å²) in [5.74, 6) is 2.34. The van der Waals surface area contributed by atoms with Crippen molar-refractivity contribution in [2.75, 3.05) is 38.5 Å². The Bertz CT molecular complexity index is 427. The van der Waals surface area contributed by atoms with E-state index in [-0.39, 0.29) is 11.8 Å². The SMILES string of the molecule is CCNC(=NCCNC(=O)C(C)C)N1CCSC2(CCCCC2)C1. The minimum atomic E-state index is 0.0347. The van der Waals surface area contributed by atoms with Gasteiger partial charge in [0.25, 0.3) is 0 Å². The lowest BCUT2D eigenvalue weighted by Gasteiger charge is -2.45. The van der Waals surface area contributed by atoms with Gasteiger partial charge in [-0.2, -0.15) is 11.8 Å². The number of nitrogens with zero attached hydrogens (tertiary/aromatic N) is 2. The zero-order valence-corrected chi connectivity index (χ0v) is 16.4. The normalized spacial score (nSPS) is 21.2. The van der Waals surface area contributed by atoms with Gasteiger partial charge in [-0.25, -0.2) is 0 Å². The van der Waals surface area contributed by atoms with Gasteiger partial charge in [-0.15, -0.1) is 0 Å². The number of thioether (sulfide) groups is 1. The molecule has 2 fully saturated rings. The molecule has 1 saturated carbocycles. The molecule has 0 aromatic heterocycles. The second-order valence-electron chi connectivity index (χ2n) is 7.20. The number of nitrogens with one attached hydrogen (secondary N) is 2. The quantitative estimate of drug-likeness (QED) is 0.452. The molecule has 1 saturated heterocycles. The minimum absolute atomic E-state index is 0.0347. The van der Waals surface area contributed by atoms with Gasteiger partial charge in [0.2, 0.25) is 5.91 Å². The Morgan fingerprint density at radius 1 is 1.25 bits per heavy atom. The molecule has 0 atom stereocenters. The molecule has 2 rings (SSSR count). The van der Waals surface area contributed by atoms with Crippen molar-refractivity contribution < 1.29 is 4.79 Å². The monoisotopic (exact) mass is 354 g/mol. The molecule has 2 aliphatic rings. The van der Waals surface area contributed by atoms with E-state index in [2.05, 4.69) is 34.2 Å². The maximum atomic E-state index is 11.6. The Kier molecular flexibility index (Phi) is 7.72.